The van der Waals surface area contributed by atoms with Crippen molar-refractivity contribution in [1.29, 1.82) is 0 Å². The average Bonchev–Trinajstić information content (AvgIpc) is 2.49. The molecule has 1 atom stereocenters. The topological polar surface area (TPSA) is 29.3 Å². The molecule has 2 rings (SSSR count). The van der Waals surface area contributed by atoms with Crippen LogP contribution in [-0.4, -0.2) is 24.0 Å². The fraction of sp³-hybridized carbons (Fsp3) is 0.455. The van der Waals surface area contributed by atoms with Gasteiger partial charge in [0.1, 0.15) is 5.82 Å². The van der Waals surface area contributed by atoms with E-state index >= 15 is 0 Å². The van der Waals surface area contributed by atoms with E-state index in [1.807, 2.05) is 0 Å². The molecule has 0 aliphatic carbocycles. The summed E-state index contributed by atoms with van der Waals surface area (Å²) in [6.07, 6.45) is 1.02. The van der Waals surface area contributed by atoms with E-state index in [0.29, 0.717) is 5.02 Å². The Hall–Kier alpha value is -0.640. The summed E-state index contributed by atoms with van der Waals surface area (Å²) in [6, 6.07) is 4.90. The van der Waals surface area contributed by atoms with Crippen molar-refractivity contribution in [3.8, 4) is 0 Å². The Morgan fingerprint density at radius 2 is 2.27 bits per heavy atom. The standard InChI is InChI=1S/C11H14ClFN2/c12-9-3-8(4-10(13)5-9)6-15-2-1-11(14)7-15/h3-5,11H,1-2,6-7,14H2. The molecule has 0 bridgehead atoms. The van der Waals surface area contributed by atoms with Gasteiger partial charge < -0.3 is 5.73 Å². The van der Waals surface area contributed by atoms with Gasteiger partial charge in [-0.05, 0) is 30.2 Å². The first kappa shape index (κ1) is 10.9. The molecule has 0 amide bonds. The van der Waals surface area contributed by atoms with Crippen molar-refractivity contribution >= 4 is 11.6 Å². The molecule has 2 nitrogen and oxygen atoms in total. The lowest BCUT2D eigenvalue weighted by Crippen LogP contribution is -2.26. The number of nitrogens with zero attached hydrogens (tertiary/aromatic N) is 1. The zero-order valence-electron chi connectivity index (χ0n) is 8.42. The number of nitrogens with two attached hydrogens (primary N) is 1. The van der Waals surface area contributed by atoms with Crippen LogP contribution in [0.2, 0.25) is 5.02 Å². The van der Waals surface area contributed by atoms with Crippen molar-refractivity contribution in [2.24, 2.45) is 5.73 Å². The molecule has 2 N–H and O–H groups in total. The van der Waals surface area contributed by atoms with Crippen molar-refractivity contribution in [1.82, 2.24) is 4.90 Å². The molecule has 1 aliphatic rings. The number of benzene rings is 1. The lowest BCUT2D eigenvalue weighted by atomic mass is 10.2. The molecule has 0 radical (unpaired) electrons. The van der Waals surface area contributed by atoms with Crippen molar-refractivity contribution in [3.05, 3.63) is 34.6 Å². The highest BCUT2D eigenvalue weighted by Crippen LogP contribution is 2.17. The normalized spacial score (nSPS) is 22.2. The van der Waals surface area contributed by atoms with Gasteiger partial charge in [-0.25, -0.2) is 4.39 Å². The van der Waals surface area contributed by atoms with Crippen LogP contribution in [0.5, 0.6) is 0 Å². The minimum atomic E-state index is -0.277. The maximum absolute atomic E-state index is 13.1. The van der Waals surface area contributed by atoms with Gasteiger partial charge in [0.05, 0.1) is 0 Å². The minimum absolute atomic E-state index is 0.258. The Labute approximate surface area is 93.8 Å². The maximum atomic E-state index is 13.1. The summed E-state index contributed by atoms with van der Waals surface area (Å²) in [4.78, 5) is 2.22. The van der Waals surface area contributed by atoms with E-state index < -0.39 is 0 Å². The Kier molecular flexibility index (Phi) is 3.24. The number of halogens is 2. The largest absolute Gasteiger partial charge is 0.326 e. The van der Waals surface area contributed by atoms with Gasteiger partial charge in [-0.2, -0.15) is 0 Å². The molecular weight excluding hydrogens is 215 g/mol. The molecular formula is C11H14ClFN2. The predicted molar refractivity (Wildman–Crippen MR) is 59.3 cm³/mol. The second-order valence-corrected chi connectivity index (χ2v) is 4.50. The summed E-state index contributed by atoms with van der Waals surface area (Å²) in [6.45, 7) is 2.59. The third-order valence-electron chi connectivity index (χ3n) is 2.64. The highest BCUT2D eigenvalue weighted by molar-refractivity contribution is 6.30. The van der Waals surface area contributed by atoms with Gasteiger partial charge in [-0.15, -0.1) is 0 Å². The molecule has 0 spiro atoms. The summed E-state index contributed by atoms with van der Waals surface area (Å²) < 4.78 is 13.1. The molecule has 15 heavy (non-hydrogen) atoms. The van der Waals surface area contributed by atoms with Crippen LogP contribution in [0.4, 0.5) is 4.39 Å². The van der Waals surface area contributed by atoms with Crippen molar-refractivity contribution in [3.63, 3.8) is 0 Å². The van der Waals surface area contributed by atoms with E-state index in [9.17, 15) is 4.39 Å². The van der Waals surface area contributed by atoms with Gasteiger partial charge in [0, 0.05) is 30.7 Å². The van der Waals surface area contributed by atoms with Crippen LogP contribution < -0.4 is 5.73 Å². The monoisotopic (exact) mass is 228 g/mol. The van der Waals surface area contributed by atoms with Crippen LogP contribution in [0, 0.1) is 5.82 Å². The van der Waals surface area contributed by atoms with Gasteiger partial charge in [0.25, 0.3) is 0 Å². The zero-order chi connectivity index (χ0) is 10.8. The van der Waals surface area contributed by atoms with Crippen molar-refractivity contribution < 1.29 is 4.39 Å². The van der Waals surface area contributed by atoms with Crippen LogP contribution in [0.25, 0.3) is 0 Å². The first-order chi connectivity index (χ1) is 7.13. The molecule has 1 unspecified atom stereocenters. The van der Waals surface area contributed by atoms with E-state index in [0.717, 1.165) is 31.6 Å². The summed E-state index contributed by atoms with van der Waals surface area (Å²) in [5.41, 5.74) is 6.71. The van der Waals surface area contributed by atoms with E-state index in [2.05, 4.69) is 4.90 Å². The van der Waals surface area contributed by atoms with Gasteiger partial charge in [-0.1, -0.05) is 11.6 Å². The molecule has 0 aromatic heterocycles. The Morgan fingerprint density at radius 1 is 1.47 bits per heavy atom. The lowest BCUT2D eigenvalue weighted by Gasteiger charge is -2.15. The number of hydrogen-bond donors (Lipinski definition) is 1. The Balaban J connectivity index is 2.04. The summed E-state index contributed by atoms with van der Waals surface area (Å²) in [7, 11) is 0. The molecule has 1 heterocycles. The molecule has 1 aliphatic heterocycles. The van der Waals surface area contributed by atoms with Crippen molar-refractivity contribution in [2.75, 3.05) is 13.1 Å². The van der Waals surface area contributed by atoms with Crippen LogP contribution in [0.15, 0.2) is 18.2 Å². The highest BCUT2D eigenvalue weighted by Gasteiger charge is 2.18. The highest BCUT2D eigenvalue weighted by atomic mass is 35.5. The molecule has 1 aromatic rings. The quantitative estimate of drug-likeness (QED) is 0.839. The summed E-state index contributed by atoms with van der Waals surface area (Å²) >= 11 is 5.78. The molecule has 82 valence electrons. The van der Waals surface area contributed by atoms with Crippen LogP contribution in [0.3, 0.4) is 0 Å². The molecule has 1 aromatic carbocycles. The van der Waals surface area contributed by atoms with Crippen LogP contribution in [0.1, 0.15) is 12.0 Å². The average molecular weight is 229 g/mol. The molecule has 1 fully saturated rings. The second-order valence-electron chi connectivity index (χ2n) is 4.06. The predicted octanol–water partition coefficient (Wildman–Crippen LogP) is 2.01. The molecule has 4 heteroatoms. The summed E-state index contributed by atoms with van der Waals surface area (Å²) in [5.74, 6) is -0.277. The van der Waals surface area contributed by atoms with E-state index in [-0.39, 0.29) is 11.9 Å². The summed E-state index contributed by atoms with van der Waals surface area (Å²) in [5, 5.41) is 0.452. The van der Waals surface area contributed by atoms with Gasteiger partial charge in [0.2, 0.25) is 0 Å². The zero-order valence-corrected chi connectivity index (χ0v) is 9.17. The second kappa shape index (κ2) is 4.47. The third kappa shape index (κ3) is 2.91. The van der Waals surface area contributed by atoms with Crippen molar-refractivity contribution in [2.45, 2.75) is 19.0 Å². The van der Waals surface area contributed by atoms with E-state index in [4.69, 9.17) is 17.3 Å². The third-order valence-corrected chi connectivity index (χ3v) is 2.86. The molecule has 1 saturated heterocycles. The smallest absolute Gasteiger partial charge is 0.125 e. The minimum Gasteiger partial charge on any atom is -0.326 e. The number of rotatable bonds is 2. The van der Waals surface area contributed by atoms with Gasteiger partial charge in [0.15, 0.2) is 0 Å². The first-order valence-electron chi connectivity index (χ1n) is 5.06. The van der Waals surface area contributed by atoms with E-state index in [1.54, 1.807) is 6.07 Å². The van der Waals surface area contributed by atoms with E-state index in [1.165, 1.54) is 12.1 Å². The Morgan fingerprint density at radius 3 is 2.87 bits per heavy atom. The lowest BCUT2D eigenvalue weighted by molar-refractivity contribution is 0.326. The number of likely N-dealkylation sites (tertiary alicyclic amines) is 1. The fourth-order valence-corrected chi connectivity index (χ4v) is 2.21. The number of hydrogen-bond acceptors (Lipinski definition) is 2. The fourth-order valence-electron chi connectivity index (χ4n) is 1.97. The van der Waals surface area contributed by atoms with Gasteiger partial charge in [-0.3, -0.25) is 4.90 Å². The SMILES string of the molecule is NC1CCN(Cc2cc(F)cc(Cl)c2)C1. The van der Waals surface area contributed by atoms with Crippen LogP contribution in [-0.2, 0) is 6.54 Å². The van der Waals surface area contributed by atoms with Gasteiger partial charge >= 0.3 is 0 Å². The van der Waals surface area contributed by atoms with Crippen LogP contribution >= 0.6 is 11.6 Å². The first-order valence-corrected chi connectivity index (χ1v) is 5.44. The Bertz CT molecular complexity index is 336. The molecule has 0 saturated carbocycles. The maximum Gasteiger partial charge on any atom is 0.125 e.